The molecule has 7 heteroatoms. The van der Waals surface area contributed by atoms with Gasteiger partial charge in [0.2, 0.25) is 5.91 Å². The van der Waals surface area contributed by atoms with Gasteiger partial charge in [-0.2, -0.15) is 0 Å². The number of nitro groups is 1. The Balaban J connectivity index is 2.98. The average molecular weight is 259 g/mol. The SMILES string of the molecule is COc1cc(NC(=O)C(C)Cl)ccc1[N+](=O)[O-]. The smallest absolute Gasteiger partial charge is 0.311 e. The number of nitrogens with zero attached hydrogens (tertiary/aromatic N) is 1. The summed E-state index contributed by atoms with van der Waals surface area (Å²) in [5.74, 6) is -0.308. The second-order valence-electron chi connectivity index (χ2n) is 3.25. The quantitative estimate of drug-likeness (QED) is 0.510. The Labute approximate surface area is 103 Å². The first-order valence-electron chi connectivity index (χ1n) is 4.73. The molecule has 0 heterocycles. The predicted octanol–water partition coefficient (Wildman–Crippen LogP) is 2.17. The third-order valence-electron chi connectivity index (χ3n) is 2.01. The topological polar surface area (TPSA) is 81.5 Å². The van der Waals surface area contributed by atoms with Crippen molar-refractivity contribution in [1.29, 1.82) is 0 Å². The van der Waals surface area contributed by atoms with E-state index in [1.165, 1.54) is 32.2 Å². The van der Waals surface area contributed by atoms with E-state index in [-0.39, 0.29) is 17.3 Å². The molecule has 1 N–H and O–H groups in total. The summed E-state index contributed by atoms with van der Waals surface area (Å²) in [6, 6.07) is 4.04. The van der Waals surface area contributed by atoms with Gasteiger partial charge in [-0.3, -0.25) is 14.9 Å². The number of carbonyl (C=O) groups is 1. The molecule has 0 aliphatic rings. The number of hydrogen-bond acceptors (Lipinski definition) is 4. The van der Waals surface area contributed by atoms with Gasteiger partial charge in [0.05, 0.1) is 12.0 Å². The van der Waals surface area contributed by atoms with Gasteiger partial charge in [0.15, 0.2) is 5.75 Å². The standard InChI is InChI=1S/C10H11ClN2O4/c1-6(11)10(14)12-7-3-4-8(13(15)16)9(5-7)17-2/h3-6H,1-2H3,(H,12,14). The molecule has 17 heavy (non-hydrogen) atoms. The van der Waals surface area contributed by atoms with Crippen LogP contribution in [0.1, 0.15) is 6.92 Å². The van der Waals surface area contributed by atoms with Crippen molar-refractivity contribution in [2.24, 2.45) is 0 Å². The maximum absolute atomic E-state index is 11.3. The number of anilines is 1. The second-order valence-corrected chi connectivity index (χ2v) is 3.90. The summed E-state index contributed by atoms with van der Waals surface area (Å²) in [5.41, 5.74) is 0.231. The second kappa shape index (κ2) is 5.49. The van der Waals surface area contributed by atoms with Crippen LogP contribution in [0.25, 0.3) is 0 Å². The van der Waals surface area contributed by atoms with Crippen molar-refractivity contribution >= 4 is 28.9 Å². The van der Waals surface area contributed by atoms with E-state index in [4.69, 9.17) is 16.3 Å². The van der Waals surface area contributed by atoms with Gasteiger partial charge in [0, 0.05) is 17.8 Å². The Bertz CT molecular complexity index is 448. The molecule has 1 amide bonds. The Morgan fingerprint density at radius 1 is 1.59 bits per heavy atom. The van der Waals surface area contributed by atoms with E-state index in [0.29, 0.717) is 5.69 Å². The van der Waals surface area contributed by atoms with Crippen LogP contribution in [-0.2, 0) is 4.79 Å². The van der Waals surface area contributed by atoms with Gasteiger partial charge in [-0.15, -0.1) is 11.6 Å². The van der Waals surface area contributed by atoms with E-state index >= 15 is 0 Å². The van der Waals surface area contributed by atoms with Crippen molar-refractivity contribution in [1.82, 2.24) is 0 Å². The Morgan fingerprint density at radius 2 is 2.24 bits per heavy atom. The minimum Gasteiger partial charge on any atom is -0.490 e. The number of ether oxygens (including phenoxy) is 1. The maximum Gasteiger partial charge on any atom is 0.311 e. The van der Waals surface area contributed by atoms with Gasteiger partial charge in [0.1, 0.15) is 5.38 Å². The predicted molar refractivity (Wildman–Crippen MR) is 63.6 cm³/mol. The van der Waals surface area contributed by atoms with Gasteiger partial charge in [-0.25, -0.2) is 0 Å². The van der Waals surface area contributed by atoms with E-state index in [9.17, 15) is 14.9 Å². The zero-order chi connectivity index (χ0) is 13.0. The number of methoxy groups -OCH3 is 1. The third-order valence-corrected chi connectivity index (χ3v) is 2.20. The minimum absolute atomic E-state index is 0.0787. The van der Waals surface area contributed by atoms with E-state index in [1.807, 2.05) is 0 Å². The molecular weight excluding hydrogens is 248 g/mol. The number of nitro benzene ring substituents is 1. The van der Waals surface area contributed by atoms with Crippen LogP contribution in [0.3, 0.4) is 0 Å². The van der Waals surface area contributed by atoms with Crippen molar-refractivity contribution < 1.29 is 14.5 Å². The molecule has 0 radical (unpaired) electrons. The van der Waals surface area contributed by atoms with Crippen LogP contribution in [0.15, 0.2) is 18.2 Å². The van der Waals surface area contributed by atoms with Crippen molar-refractivity contribution in [3.05, 3.63) is 28.3 Å². The van der Waals surface area contributed by atoms with Crippen LogP contribution in [0.2, 0.25) is 0 Å². The fourth-order valence-corrected chi connectivity index (χ4v) is 1.20. The van der Waals surface area contributed by atoms with E-state index in [2.05, 4.69) is 5.32 Å². The van der Waals surface area contributed by atoms with Crippen LogP contribution in [0.4, 0.5) is 11.4 Å². The number of halogens is 1. The molecule has 0 bridgehead atoms. The highest BCUT2D eigenvalue weighted by atomic mass is 35.5. The van der Waals surface area contributed by atoms with Crippen LogP contribution < -0.4 is 10.1 Å². The van der Waals surface area contributed by atoms with Gasteiger partial charge < -0.3 is 10.1 Å². The van der Waals surface area contributed by atoms with Gasteiger partial charge >= 0.3 is 5.69 Å². The van der Waals surface area contributed by atoms with Crippen molar-refractivity contribution in [2.45, 2.75) is 12.3 Å². The molecule has 0 spiro atoms. The normalized spacial score (nSPS) is 11.7. The maximum atomic E-state index is 11.3. The molecule has 1 aromatic rings. The first-order chi connectivity index (χ1) is 7.95. The summed E-state index contributed by atoms with van der Waals surface area (Å²) in [6.07, 6.45) is 0. The first-order valence-corrected chi connectivity index (χ1v) is 5.16. The largest absolute Gasteiger partial charge is 0.490 e. The van der Waals surface area contributed by atoms with Crippen molar-refractivity contribution in [3.8, 4) is 5.75 Å². The van der Waals surface area contributed by atoms with Crippen LogP contribution in [0.5, 0.6) is 5.75 Å². The Morgan fingerprint density at radius 3 is 2.71 bits per heavy atom. The highest BCUT2D eigenvalue weighted by Crippen LogP contribution is 2.29. The fraction of sp³-hybridized carbons (Fsp3) is 0.300. The number of nitrogens with one attached hydrogen (secondary N) is 1. The molecule has 1 rings (SSSR count). The molecule has 0 saturated heterocycles. The van der Waals surface area contributed by atoms with Gasteiger partial charge in [-0.05, 0) is 13.0 Å². The summed E-state index contributed by atoms with van der Waals surface area (Å²) in [7, 11) is 1.32. The lowest BCUT2D eigenvalue weighted by atomic mass is 10.2. The number of alkyl halides is 1. The summed E-state index contributed by atoms with van der Waals surface area (Å²) in [5, 5.41) is 12.5. The molecule has 0 fully saturated rings. The lowest BCUT2D eigenvalue weighted by Gasteiger charge is -2.08. The summed E-state index contributed by atoms with van der Waals surface area (Å²) >= 11 is 5.58. The number of amides is 1. The Kier molecular flexibility index (Phi) is 4.28. The molecule has 92 valence electrons. The molecule has 1 unspecified atom stereocenters. The van der Waals surface area contributed by atoms with Crippen LogP contribution in [-0.4, -0.2) is 23.3 Å². The number of hydrogen-bond donors (Lipinski definition) is 1. The fourth-order valence-electron chi connectivity index (χ4n) is 1.15. The van der Waals surface area contributed by atoms with Gasteiger partial charge in [0.25, 0.3) is 0 Å². The van der Waals surface area contributed by atoms with Crippen LogP contribution in [0, 0.1) is 10.1 Å². The highest BCUT2D eigenvalue weighted by Gasteiger charge is 2.16. The zero-order valence-electron chi connectivity index (χ0n) is 9.27. The van der Waals surface area contributed by atoms with Crippen LogP contribution >= 0.6 is 11.6 Å². The van der Waals surface area contributed by atoms with Crippen molar-refractivity contribution in [3.63, 3.8) is 0 Å². The summed E-state index contributed by atoms with van der Waals surface area (Å²) in [4.78, 5) is 21.4. The van der Waals surface area contributed by atoms with E-state index < -0.39 is 10.3 Å². The molecule has 1 atom stereocenters. The number of rotatable bonds is 4. The van der Waals surface area contributed by atoms with E-state index in [1.54, 1.807) is 0 Å². The Hall–Kier alpha value is -1.82. The minimum atomic E-state index is -0.684. The first kappa shape index (κ1) is 13.2. The van der Waals surface area contributed by atoms with Crippen molar-refractivity contribution in [2.75, 3.05) is 12.4 Å². The number of carbonyl (C=O) groups excluding carboxylic acids is 1. The van der Waals surface area contributed by atoms with Gasteiger partial charge in [-0.1, -0.05) is 0 Å². The average Bonchev–Trinajstić information content (AvgIpc) is 2.28. The molecular formula is C10H11ClN2O4. The monoisotopic (exact) mass is 258 g/mol. The molecule has 0 aliphatic heterocycles. The zero-order valence-corrected chi connectivity index (χ0v) is 10.0. The van der Waals surface area contributed by atoms with E-state index in [0.717, 1.165) is 0 Å². The molecule has 0 saturated carbocycles. The molecule has 0 aromatic heterocycles. The summed E-state index contributed by atoms with van der Waals surface area (Å²) < 4.78 is 4.86. The lowest BCUT2D eigenvalue weighted by Crippen LogP contribution is -2.20. The highest BCUT2D eigenvalue weighted by molar-refractivity contribution is 6.32. The molecule has 0 aliphatic carbocycles. The molecule has 6 nitrogen and oxygen atoms in total. The number of benzene rings is 1. The lowest BCUT2D eigenvalue weighted by molar-refractivity contribution is -0.385. The third kappa shape index (κ3) is 3.32. The summed E-state index contributed by atoms with van der Waals surface area (Å²) in [6.45, 7) is 1.53. The molecule has 1 aromatic carbocycles.